The third-order valence-electron chi connectivity index (χ3n) is 2.27. The van der Waals surface area contributed by atoms with E-state index < -0.39 is 0 Å². The maximum absolute atomic E-state index is 11.7. The Kier molecular flexibility index (Phi) is 2.11. The maximum atomic E-state index is 11.7. The van der Waals surface area contributed by atoms with Crippen molar-refractivity contribution in [1.82, 2.24) is 0 Å². The van der Waals surface area contributed by atoms with Crippen molar-refractivity contribution < 1.29 is 9.40 Å². The molecule has 0 aliphatic rings. The topological polar surface area (TPSA) is 44.4 Å². The van der Waals surface area contributed by atoms with Crippen LogP contribution in [0.4, 0.5) is 0 Å². The highest BCUT2D eigenvalue weighted by Crippen LogP contribution is 2.17. The second kappa shape index (κ2) is 3.19. The van der Waals surface area contributed by atoms with Crippen molar-refractivity contribution in [1.29, 1.82) is 0 Å². The summed E-state index contributed by atoms with van der Waals surface area (Å²) in [5.74, 6) is 0.603. The number of hydrogen-bond acceptors (Lipinski definition) is 2. The van der Waals surface area contributed by atoms with E-state index in [1.165, 1.54) is 0 Å². The third kappa shape index (κ3) is 1.77. The summed E-state index contributed by atoms with van der Waals surface area (Å²) in [5.41, 5.74) is 0.344. The standard InChI is InChI=1S/C12H13NO2/c1-12(2,3)11-13-9-7-5-4-6-8(9)10(14)15-11/h4-7H,1-3H3/p+1. The van der Waals surface area contributed by atoms with E-state index in [1.54, 1.807) is 6.07 Å². The van der Waals surface area contributed by atoms with Crippen molar-refractivity contribution in [3.63, 3.8) is 0 Å². The fraction of sp³-hybridized carbons (Fsp3) is 0.333. The highest BCUT2D eigenvalue weighted by Gasteiger charge is 2.26. The van der Waals surface area contributed by atoms with E-state index in [-0.39, 0.29) is 11.0 Å². The first-order valence-electron chi connectivity index (χ1n) is 4.94. The van der Waals surface area contributed by atoms with Gasteiger partial charge in [0.25, 0.3) is 0 Å². The van der Waals surface area contributed by atoms with Gasteiger partial charge in [0, 0.05) is 6.07 Å². The second-order valence-electron chi connectivity index (χ2n) is 4.64. The van der Waals surface area contributed by atoms with Gasteiger partial charge in [-0.25, -0.2) is 4.79 Å². The molecule has 0 radical (unpaired) electrons. The summed E-state index contributed by atoms with van der Waals surface area (Å²) in [6.07, 6.45) is 0. The molecule has 0 aliphatic carbocycles. The van der Waals surface area contributed by atoms with Gasteiger partial charge in [-0.15, -0.1) is 0 Å². The number of aromatic amines is 1. The molecule has 0 fully saturated rings. The first-order valence-corrected chi connectivity index (χ1v) is 4.94. The van der Waals surface area contributed by atoms with Crippen LogP contribution in [0.3, 0.4) is 0 Å². The molecule has 0 aliphatic heterocycles. The van der Waals surface area contributed by atoms with Gasteiger partial charge in [0.2, 0.25) is 5.52 Å². The Morgan fingerprint density at radius 3 is 2.53 bits per heavy atom. The SMILES string of the molecule is CC(C)(C)c1[nH+]c2ccccc2c(=O)o1. The van der Waals surface area contributed by atoms with Crippen LogP contribution in [0.25, 0.3) is 10.9 Å². The Balaban J connectivity index is 2.79. The lowest BCUT2D eigenvalue weighted by Gasteiger charge is -2.09. The molecule has 0 unspecified atom stereocenters. The molecule has 2 aromatic rings. The van der Waals surface area contributed by atoms with Crippen molar-refractivity contribution in [3.8, 4) is 0 Å². The Bertz CT molecular complexity index is 549. The fourth-order valence-electron chi connectivity index (χ4n) is 1.41. The molecule has 3 nitrogen and oxygen atoms in total. The fourth-order valence-corrected chi connectivity index (χ4v) is 1.41. The van der Waals surface area contributed by atoms with Gasteiger partial charge in [0.15, 0.2) is 0 Å². The summed E-state index contributed by atoms with van der Waals surface area (Å²) in [4.78, 5) is 14.8. The number of benzene rings is 1. The number of nitrogens with one attached hydrogen (secondary N) is 1. The first kappa shape index (κ1) is 9.90. The van der Waals surface area contributed by atoms with Crippen molar-refractivity contribution >= 4 is 10.9 Å². The summed E-state index contributed by atoms with van der Waals surface area (Å²) in [5, 5.41) is 0.588. The monoisotopic (exact) mass is 204 g/mol. The van der Waals surface area contributed by atoms with Gasteiger partial charge in [0.1, 0.15) is 5.39 Å². The smallest absolute Gasteiger partial charge is 0.354 e. The molecule has 15 heavy (non-hydrogen) atoms. The van der Waals surface area contributed by atoms with Crippen LogP contribution in [-0.2, 0) is 5.41 Å². The molecule has 0 saturated heterocycles. The third-order valence-corrected chi connectivity index (χ3v) is 2.27. The highest BCUT2D eigenvalue weighted by atomic mass is 16.4. The Morgan fingerprint density at radius 1 is 1.20 bits per heavy atom. The molecule has 0 saturated carbocycles. The predicted octanol–water partition coefficient (Wildman–Crippen LogP) is 1.90. The van der Waals surface area contributed by atoms with Gasteiger partial charge in [-0.3, -0.25) is 0 Å². The van der Waals surface area contributed by atoms with E-state index >= 15 is 0 Å². The molecule has 0 amide bonds. The van der Waals surface area contributed by atoms with Crippen LogP contribution in [0.1, 0.15) is 26.7 Å². The van der Waals surface area contributed by atoms with E-state index in [2.05, 4.69) is 4.98 Å². The molecule has 0 spiro atoms. The Morgan fingerprint density at radius 2 is 1.87 bits per heavy atom. The summed E-state index contributed by atoms with van der Waals surface area (Å²) >= 11 is 0. The van der Waals surface area contributed by atoms with Crippen molar-refractivity contribution in [2.45, 2.75) is 26.2 Å². The molecule has 0 bridgehead atoms. The average molecular weight is 204 g/mol. The zero-order valence-corrected chi connectivity index (χ0v) is 9.13. The largest absolute Gasteiger partial charge is 0.370 e. The van der Waals surface area contributed by atoms with E-state index in [0.29, 0.717) is 11.3 Å². The lowest BCUT2D eigenvalue weighted by Crippen LogP contribution is -2.28. The number of para-hydroxylation sites is 1. The van der Waals surface area contributed by atoms with Crippen LogP contribution < -0.4 is 10.6 Å². The predicted molar refractivity (Wildman–Crippen MR) is 57.7 cm³/mol. The molecular weight excluding hydrogens is 190 g/mol. The zero-order chi connectivity index (χ0) is 11.1. The lowest BCUT2D eigenvalue weighted by atomic mass is 9.97. The summed E-state index contributed by atoms with van der Waals surface area (Å²) in [7, 11) is 0. The molecule has 1 N–H and O–H groups in total. The molecule has 78 valence electrons. The number of hydrogen-bond donors (Lipinski definition) is 0. The lowest BCUT2D eigenvalue weighted by molar-refractivity contribution is -0.388. The van der Waals surface area contributed by atoms with Crippen LogP contribution in [0.5, 0.6) is 0 Å². The molecular formula is C12H14NO2+. The normalized spacial score (nSPS) is 11.9. The minimum Gasteiger partial charge on any atom is -0.370 e. The number of rotatable bonds is 0. The molecule has 2 rings (SSSR count). The quantitative estimate of drug-likeness (QED) is 0.658. The number of aromatic nitrogens is 1. The van der Waals surface area contributed by atoms with Gasteiger partial charge in [-0.2, -0.15) is 4.98 Å². The molecule has 1 aromatic carbocycles. The molecule has 1 heterocycles. The zero-order valence-electron chi connectivity index (χ0n) is 9.13. The van der Waals surface area contributed by atoms with Crippen LogP contribution >= 0.6 is 0 Å². The molecule has 1 aromatic heterocycles. The molecule has 3 heteroatoms. The van der Waals surface area contributed by atoms with Gasteiger partial charge >= 0.3 is 11.5 Å². The van der Waals surface area contributed by atoms with Crippen LogP contribution in [0, 0.1) is 0 Å². The second-order valence-corrected chi connectivity index (χ2v) is 4.64. The molecule has 0 atom stereocenters. The number of H-pyrrole nitrogens is 1. The highest BCUT2D eigenvalue weighted by molar-refractivity contribution is 5.73. The minimum absolute atomic E-state index is 0.191. The van der Waals surface area contributed by atoms with E-state index in [0.717, 1.165) is 5.52 Å². The number of fused-ring (bicyclic) bond motifs is 1. The van der Waals surface area contributed by atoms with E-state index in [1.807, 2.05) is 39.0 Å². The first-order chi connectivity index (χ1) is 6.98. The summed E-state index contributed by atoms with van der Waals surface area (Å²) in [6, 6.07) is 7.35. The van der Waals surface area contributed by atoms with Gasteiger partial charge in [-0.1, -0.05) is 12.1 Å². The van der Waals surface area contributed by atoms with E-state index in [4.69, 9.17) is 4.42 Å². The Hall–Kier alpha value is -1.64. The minimum atomic E-state index is -0.283. The van der Waals surface area contributed by atoms with Crippen molar-refractivity contribution in [3.05, 3.63) is 40.6 Å². The maximum Gasteiger partial charge on any atom is 0.354 e. The van der Waals surface area contributed by atoms with Crippen LogP contribution in [0.15, 0.2) is 33.5 Å². The van der Waals surface area contributed by atoms with Crippen LogP contribution in [-0.4, -0.2) is 0 Å². The summed E-state index contributed by atoms with van der Waals surface area (Å²) in [6.45, 7) is 5.99. The average Bonchev–Trinajstić information content (AvgIpc) is 2.16. The van der Waals surface area contributed by atoms with Gasteiger partial charge in [0.05, 0.1) is 5.41 Å². The van der Waals surface area contributed by atoms with Crippen molar-refractivity contribution in [2.75, 3.05) is 0 Å². The summed E-state index contributed by atoms with van der Waals surface area (Å²) < 4.78 is 5.24. The van der Waals surface area contributed by atoms with E-state index in [9.17, 15) is 4.79 Å². The van der Waals surface area contributed by atoms with Gasteiger partial charge in [-0.05, 0) is 26.8 Å². The van der Waals surface area contributed by atoms with Crippen molar-refractivity contribution in [2.24, 2.45) is 0 Å². The van der Waals surface area contributed by atoms with Crippen LogP contribution in [0.2, 0.25) is 0 Å². The Labute approximate surface area is 87.8 Å². The van der Waals surface area contributed by atoms with Gasteiger partial charge < -0.3 is 4.42 Å².